The number of hydrogen-bond acceptors (Lipinski definition) is 3. The normalized spacial score (nSPS) is 15.0. The first-order valence-corrected chi connectivity index (χ1v) is 8.63. The van der Waals surface area contributed by atoms with Crippen LogP contribution in [0.25, 0.3) is 0 Å². The Kier molecular flexibility index (Phi) is 6.71. The standard InChI is InChI=1S/C18H29N3O2/c1-3-5-14(9-11-22)13-19-18(23)20-16-7-8-17-15(12-16)6-4-10-21(17)2/h7-8,12,14,22H,3-6,9-11,13H2,1-2H3,(H2,19,20,23). The molecular formula is C18H29N3O2. The highest BCUT2D eigenvalue weighted by atomic mass is 16.3. The number of nitrogens with zero attached hydrogens (tertiary/aromatic N) is 1. The lowest BCUT2D eigenvalue weighted by Crippen LogP contribution is -2.33. The lowest BCUT2D eigenvalue weighted by Gasteiger charge is -2.27. The van der Waals surface area contributed by atoms with Crippen LogP contribution in [0.1, 0.15) is 38.2 Å². The number of benzene rings is 1. The predicted molar refractivity (Wildman–Crippen MR) is 95.2 cm³/mol. The number of anilines is 2. The first-order valence-electron chi connectivity index (χ1n) is 8.63. The number of urea groups is 1. The van der Waals surface area contributed by atoms with Gasteiger partial charge in [0.15, 0.2) is 0 Å². The van der Waals surface area contributed by atoms with Crippen LogP contribution >= 0.6 is 0 Å². The predicted octanol–water partition coefficient (Wildman–Crippen LogP) is 2.99. The zero-order valence-corrected chi connectivity index (χ0v) is 14.3. The van der Waals surface area contributed by atoms with E-state index in [9.17, 15) is 4.79 Å². The van der Waals surface area contributed by atoms with Gasteiger partial charge in [-0.3, -0.25) is 0 Å². The SMILES string of the molecule is CCCC(CCO)CNC(=O)Nc1ccc2c(c1)CCCN2C. The number of fused-ring (bicyclic) bond motifs is 1. The Morgan fingerprint density at radius 3 is 2.96 bits per heavy atom. The second-order valence-electron chi connectivity index (χ2n) is 6.37. The van der Waals surface area contributed by atoms with E-state index < -0.39 is 0 Å². The molecule has 3 N–H and O–H groups in total. The van der Waals surface area contributed by atoms with Gasteiger partial charge >= 0.3 is 6.03 Å². The van der Waals surface area contributed by atoms with Crippen molar-refractivity contribution in [3.05, 3.63) is 23.8 Å². The fourth-order valence-electron chi connectivity index (χ4n) is 3.21. The topological polar surface area (TPSA) is 64.6 Å². The summed E-state index contributed by atoms with van der Waals surface area (Å²) in [6.07, 6.45) is 5.03. The summed E-state index contributed by atoms with van der Waals surface area (Å²) < 4.78 is 0. The molecule has 0 spiro atoms. The molecule has 0 bridgehead atoms. The van der Waals surface area contributed by atoms with Crippen molar-refractivity contribution in [2.45, 2.75) is 39.0 Å². The molecule has 128 valence electrons. The van der Waals surface area contributed by atoms with Crippen molar-refractivity contribution in [2.75, 3.05) is 37.0 Å². The molecule has 23 heavy (non-hydrogen) atoms. The van der Waals surface area contributed by atoms with Crippen molar-refractivity contribution >= 4 is 17.4 Å². The average Bonchev–Trinajstić information content (AvgIpc) is 2.53. The summed E-state index contributed by atoms with van der Waals surface area (Å²) >= 11 is 0. The zero-order valence-electron chi connectivity index (χ0n) is 14.3. The third kappa shape index (κ3) is 5.13. The molecule has 1 unspecified atom stereocenters. The second kappa shape index (κ2) is 8.77. The Labute approximate surface area is 139 Å². The van der Waals surface area contributed by atoms with E-state index >= 15 is 0 Å². The minimum atomic E-state index is -0.173. The molecule has 0 fully saturated rings. The molecule has 5 heteroatoms. The van der Waals surface area contributed by atoms with E-state index in [1.165, 1.54) is 11.3 Å². The van der Waals surface area contributed by atoms with Crippen LogP contribution in [0, 0.1) is 5.92 Å². The maximum Gasteiger partial charge on any atom is 0.319 e. The molecule has 0 saturated carbocycles. The molecule has 1 aliphatic heterocycles. The van der Waals surface area contributed by atoms with Gasteiger partial charge in [-0.1, -0.05) is 13.3 Å². The number of rotatable bonds is 7. The molecule has 1 heterocycles. The minimum absolute atomic E-state index is 0.173. The number of nitrogens with one attached hydrogen (secondary N) is 2. The smallest absolute Gasteiger partial charge is 0.319 e. The van der Waals surface area contributed by atoms with Crippen LogP contribution in [-0.4, -0.2) is 37.9 Å². The highest BCUT2D eigenvalue weighted by molar-refractivity contribution is 5.89. The van der Waals surface area contributed by atoms with Gasteiger partial charge in [0.1, 0.15) is 0 Å². The number of hydrogen-bond donors (Lipinski definition) is 3. The van der Waals surface area contributed by atoms with Crippen LogP contribution in [0.5, 0.6) is 0 Å². The van der Waals surface area contributed by atoms with Gasteiger partial charge < -0.3 is 20.6 Å². The quantitative estimate of drug-likeness (QED) is 0.724. The fourth-order valence-corrected chi connectivity index (χ4v) is 3.21. The van der Waals surface area contributed by atoms with Crippen LogP contribution in [0.15, 0.2) is 18.2 Å². The van der Waals surface area contributed by atoms with E-state index in [4.69, 9.17) is 5.11 Å². The summed E-state index contributed by atoms with van der Waals surface area (Å²) in [4.78, 5) is 14.3. The summed E-state index contributed by atoms with van der Waals surface area (Å²) in [5.41, 5.74) is 3.39. The third-order valence-electron chi connectivity index (χ3n) is 4.47. The van der Waals surface area contributed by atoms with Crippen molar-refractivity contribution in [3.8, 4) is 0 Å². The van der Waals surface area contributed by atoms with Gasteiger partial charge in [-0.2, -0.15) is 0 Å². The monoisotopic (exact) mass is 319 g/mol. The third-order valence-corrected chi connectivity index (χ3v) is 4.47. The molecular weight excluding hydrogens is 290 g/mol. The molecule has 1 aromatic carbocycles. The Bertz CT molecular complexity index is 513. The van der Waals surface area contributed by atoms with E-state index in [0.717, 1.165) is 44.3 Å². The number of aryl methyl sites for hydroxylation is 1. The molecule has 0 aliphatic carbocycles. The lowest BCUT2D eigenvalue weighted by molar-refractivity contribution is 0.237. The Hall–Kier alpha value is -1.75. The lowest BCUT2D eigenvalue weighted by atomic mass is 10.0. The van der Waals surface area contributed by atoms with E-state index in [1.807, 2.05) is 6.07 Å². The van der Waals surface area contributed by atoms with E-state index in [1.54, 1.807) is 0 Å². The molecule has 0 aromatic heterocycles. The molecule has 0 radical (unpaired) electrons. The second-order valence-corrected chi connectivity index (χ2v) is 6.37. The molecule has 1 aromatic rings. The van der Waals surface area contributed by atoms with Gasteiger partial charge in [-0.25, -0.2) is 4.79 Å². The van der Waals surface area contributed by atoms with Gasteiger partial charge in [0, 0.05) is 38.1 Å². The zero-order chi connectivity index (χ0) is 16.7. The largest absolute Gasteiger partial charge is 0.396 e. The van der Waals surface area contributed by atoms with Crippen molar-refractivity contribution < 1.29 is 9.90 Å². The van der Waals surface area contributed by atoms with Crippen LogP contribution < -0.4 is 15.5 Å². The first-order chi connectivity index (χ1) is 11.1. The maximum atomic E-state index is 12.1. The molecule has 2 amide bonds. The van der Waals surface area contributed by atoms with Crippen molar-refractivity contribution in [2.24, 2.45) is 5.92 Å². The van der Waals surface area contributed by atoms with Crippen molar-refractivity contribution in [3.63, 3.8) is 0 Å². The van der Waals surface area contributed by atoms with Crippen LogP contribution in [0.2, 0.25) is 0 Å². The highest BCUT2D eigenvalue weighted by Crippen LogP contribution is 2.28. The number of amides is 2. The van der Waals surface area contributed by atoms with Gasteiger partial charge in [0.2, 0.25) is 0 Å². The Morgan fingerprint density at radius 2 is 2.22 bits per heavy atom. The Morgan fingerprint density at radius 1 is 1.39 bits per heavy atom. The number of aliphatic hydroxyl groups is 1. The average molecular weight is 319 g/mol. The molecule has 1 aliphatic rings. The summed E-state index contributed by atoms with van der Waals surface area (Å²) in [5.74, 6) is 0.341. The highest BCUT2D eigenvalue weighted by Gasteiger charge is 2.14. The van der Waals surface area contributed by atoms with Gasteiger partial charge in [0.25, 0.3) is 0 Å². The van der Waals surface area contributed by atoms with Crippen molar-refractivity contribution in [1.82, 2.24) is 5.32 Å². The van der Waals surface area contributed by atoms with Gasteiger partial charge in [-0.05, 0) is 55.4 Å². The summed E-state index contributed by atoms with van der Waals surface area (Å²) in [6.45, 7) is 3.98. The number of aliphatic hydroxyl groups excluding tert-OH is 1. The summed E-state index contributed by atoms with van der Waals surface area (Å²) in [5, 5.41) is 14.9. The van der Waals surface area contributed by atoms with Crippen LogP contribution in [0.4, 0.5) is 16.2 Å². The van der Waals surface area contributed by atoms with Gasteiger partial charge in [0.05, 0.1) is 0 Å². The van der Waals surface area contributed by atoms with Crippen molar-refractivity contribution in [1.29, 1.82) is 0 Å². The maximum absolute atomic E-state index is 12.1. The van der Waals surface area contributed by atoms with Crippen LogP contribution in [-0.2, 0) is 6.42 Å². The van der Waals surface area contributed by atoms with Crippen LogP contribution in [0.3, 0.4) is 0 Å². The molecule has 1 atom stereocenters. The first kappa shape index (κ1) is 17.6. The fraction of sp³-hybridized carbons (Fsp3) is 0.611. The minimum Gasteiger partial charge on any atom is -0.396 e. The summed E-state index contributed by atoms with van der Waals surface area (Å²) in [7, 11) is 2.10. The summed E-state index contributed by atoms with van der Waals surface area (Å²) in [6, 6.07) is 5.93. The van der Waals surface area contributed by atoms with E-state index in [0.29, 0.717) is 12.5 Å². The molecule has 2 rings (SSSR count). The van der Waals surface area contributed by atoms with E-state index in [2.05, 4.69) is 41.6 Å². The number of carbonyl (C=O) groups excluding carboxylic acids is 1. The molecule has 5 nitrogen and oxygen atoms in total. The van der Waals surface area contributed by atoms with E-state index in [-0.39, 0.29) is 12.6 Å². The molecule has 0 saturated heterocycles. The van der Waals surface area contributed by atoms with Gasteiger partial charge in [-0.15, -0.1) is 0 Å². The Balaban J connectivity index is 1.87. The number of carbonyl (C=O) groups is 1.